The minimum absolute atomic E-state index is 0.0264. The van der Waals surface area contributed by atoms with E-state index < -0.39 is 0 Å². The van der Waals surface area contributed by atoms with Crippen molar-refractivity contribution in [2.45, 2.75) is 26.2 Å². The third-order valence-electron chi connectivity index (χ3n) is 3.39. The molecule has 2 rings (SSSR count). The van der Waals surface area contributed by atoms with Crippen LogP contribution in [0.2, 0.25) is 0 Å². The molecule has 0 aliphatic carbocycles. The van der Waals surface area contributed by atoms with Gasteiger partial charge in [0.1, 0.15) is 12.4 Å². The average Bonchev–Trinajstić information content (AvgIpc) is 2.50. The normalized spacial score (nSPS) is 14.2. The number of anilines is 1. The van der Waals surface area contributed by atoms with Crippen molar-refractivity contribution in [3.63, 3.8) is 0 Å². The lowest BCUT2D eigenvalue weighted by molar-refractivity contribution is -0.136. The Kier molecular flexibility index (Phi) is 4.98. The van der Waals surface area contributed by atoms with Gasteiger partial charge in [0.25, 0.3) is 0 Å². The Balaban J connectivity index is 2.01. The molecule has 1 N–H and O–H groups in total. The lowest BCUT2D eigenvalue weighted by Gasteiger charge is -2.17. The zero-order valence-corrected chi connectivity index (χ0v) is 12.3. The number of aryl methyl sites for hydroxylation is 1. The first-order chi connectivity index (χ1) is 10.1. The van der Waals surface area contributed by atoms with Crippen molar-refractivity contribution in [2.24, 2.45) is 0 Å². The average molecular weight is 289 g/mol. The zero-order valence-electron chi connectivity index (χ0n) is 12.3. The molecule has 5 nitrogen and oxygen atoms in total. The van der Waals surface area contributed by atoms with E-state index in [1.807, 2.05) is 25.1 Å². The van der Waals surface area contributed by atoms with Crippen molar-refractivity contribution in [3.05, 3.63) is 35.4 Å². The number of esters is 1. The Hall–Kier alpha value is -2.30. The summed E-state index contributed by atoms with van der Waals surface area (Å²) in [6.07, 6.45) is 3.58. The van der Waals surface area contributed by atoms with Gasteiger partial charge in [-0.2, -0.15) is 0 Å². The van der Waals surface area contributed by atoms with Gasteiger partial charge in [-0.25, -0.2) is 4.79 Å². The molecule has 0 saturated heterocycles. The molecule has 1 heterocycles. The molecule has 0 fully saturated rings. The number of ether oxygens (including phenoxy) is 2. The van der Waals surface area contributed by atoms with Gasteiger partial charge in [0.2, 0.25) is 5.91 Å². The maximum Gasteiger partial charge on any atom is 0.333 e. The largest absolute Gasteiger partial charge is 0.489 e. The van der Waals surface area contributed by atoms with E-state index in [0.717, 1.165) is 17.7 Å². The Morgan fingerprint density at radius 3 is 2.90 bits per heavy atom. The van der Waals surface area contributed by atoms with Crippen molar-refractivity contribution in [1.82, 2.24) is 0 Å². The summed E-state index contributed by atoms with van der Waals surface area (Å²) in [5.74, 6) is 0.352. The van der Waals surface area contributed by atoms with Gasteiger partial charge < -0.3 is 14.8 Å². The summed E-state index contributed by atoms with van der Waals surface area (Å²) in [4.78, 5) is 22.8. The van der Waals surface area contributed by atoms with E-state index in [0.29, 0.717) is 24.2 Å². The number of fused-ring (bicyclic) bond motifs is 1. The highest BCUT2D eigenvalue weighted by atomic mass is 16.5. The second kappa shape index (κ2) is 6.92. The predicted molar refractivity (Wildman–Crippen MR) is 79.3 cm³/mol. The Labute approximate surface area is 123 Å². The maximum atomic E-state index is 11.4. The van der Waals surface area contributed by atoms with Gasteiger partial charge in [-0.1, -0.05) is 13.0 Å². The molecule has 1 amide bonds. The van der Waals surface area contributed by atoms with Crippen LogP contribution in [0, 0.1) is 0 Å². The summed E-state index contributed by atoms with van der Waals surface area (Å²) in [7, 11) is 1.36. The number of benzene rings is 1. The van der Waals surface area contributed by atoms with Crippen molar-refractivity contribution in [2.75, 3.05) is 19.0 Å². The number of rotatable bonds is 5. The number of hydrogen-bond donors (Lipinski definition) is 1. The summed E-state index contributed by atoms with van der Waals surface area (Å²) >= 11 is 0. The van der Waals surface area contributed by atoms with Crippen LogP contribution in [0.15, 0.2) is 29.8 Å². The number of methoxy groups -OCH3 is 1. The standard InChI is InChI=1S/C16H19NO4/c1-3-11(16(19)20-2)8-9-21-13-6-4-12-5-7-15(18)17-14(12)10-13/h4,6,8,10H,3,5,7,9H2,1-2H3,(H,17,18)/b11-8-. The molecule has 0 atom stereocenters. The van der Waals surface area contributed by atoms with E-state index in [1.54, 1.807) is 6.08 Å². The summed E-state index contributed by atoms with van der Waals surface area (Å²) < 4.78 is 10.3. The lowest BCUT2D eigenvalue weighted by atomic mass is 10.0. The number of hydrogen-bond acceptors (Lipinski definition) is 4. The van der Waals surface area contributed by atoms with Crippen LogP contribution < -0.4 is 10.1 Å². The van der Waals surface area contributed by atoms with Crippen molar-refractivity contribution >= 4 is 17.6 Å². The second-order valence-electron chi connectivity index (χ2n) is 4.75. The van der Waals surface area contributed by atoms with E-state index in [1.165, 1.54) is 7.11 Å². The Morgan fingerprint density at radius 2 is 2.19 bits per heavy atom. The fraction of sp³-hybridized carbons (Fsp3) is 0.375. The topological polar surface area (TPSA) is 64.6 Å². The third-order valence-corrected chi connectivity index (χ3v) is 3.39. The molecule has 1 aliphatic heterocycles. The van der Waals surface area contributed by atoms with E-state index in [4.69, 9.17) is 4.74 Å². The molecule has 21 heavy (non-hydrogen) atoms. The summed E-state index contributed by atoms with van der Waals surface area (Å²) in [6.45, 7) is 2.17. The number of carbonyl (C=O) groups is 2. The summed E-state index contributed by atoms with van der Waals surface area (Å²) in [5.41, 5.74) is 2.50. The van der Waals surface area contributed by atoms with Gasteiger partial charge in [-0.15, -0.1) is 0 Å². The van der Waals surface area contributed by atoms with Crippen LogP contribution in [0.4, 0.5) is 5.69 Å². The van der Waals surface area contributed by atoms with E-state index in [2.05, 4.69) is 10.1 Å². The Morgan fingerprint density at radius 1 is 1.38 bits per heavy atom. The molecule has 1 aliphatic rings. The zero-order chi connectivity index (χ0) is 15.2. The van der Waals surface area contributed by atoms with E-state index in [-0.39, 0.29) is 18.5 Å². The van der Waals surface area contributed by atoms with E-state index >= 15 is 0 Å². The molecule has 5 heteroatoms. The van der Waals surface area contributed by atoms with Gasteiger partial charge in [-0.3, -0.25) is 4.79 Å². The fourth-order valence-electron chi connectivity index (χ4n) is 2.18. The first-order valence-corrected chi connectivity index (χ1v) is 6.97. The number of amides is 1. The van der Waals surface area contributed by atoms with Gasteiger partial charge in [0, 0.05) is 23.7 Å². The third kappa shape index (κ3) is 3.84. The predicted octanol–water partition coefficient (Wildman–Crippen LogP) is 2.46. The van der Waals surface area contributed by atoms with Crippen LogP contribution in [0.5, 0.6) is 5.75 Å². The first-order valence-electron chi connectivity index (χ1n) is 6.97. The quantitative estimate of drug-likeness (QED) is 0.668. The first kappa shape index (κ1) is 15.1. The molecule has 1 aromatic rings. The molecule has 0 radical (unpaired) electrons. The molecule has 0 saturated carbocycles. The second-order valence-corrected chi connectivity index (χ2v) is 4.75. The molecular formula is C16H19NO4. The molecule has 0 bridgehead atoms. The fourth-order valence-corrected chi connectivity index (χ4v) is 2.18. The van der Waals surface area contributed by atoms with Crippen LogP contribution in [0.1, 0.15) is 25.3 Å². The van der Waals surface area contributed by atoms with Gasteiger partial charge >= 0.3 is 5.97 Å². The van der Waals surface area contributed by atoms with Crippen molar-refractivity contribution in [3.8, 4) is 5.75 Å². The van der Waals surface area contributed by atoms with Gasteiger partial charge in [0.05, 0.1) is 7.11 Å². The smallest absolute Gasteiger partial charge is 0.333 e. The molecule has 112 valence electrons. The van der Waals surface area contributed by atoms with Crippen LogP contribution in [-0.4, -0.2) is 25.6 Å². The lowest BCUT2D eigenvalue weighted by Crippen LogP contribution is -2.18. The summed E-state index contributed by atoms with van der Waals surface area (Å²) in [5, 5.41) is 2.83. The minimum Gasteiger partial charge on any atom is -0.489 e. The highest BCUT2D eigenvalue weighted by molar-refractivity contribution is 5.94. The minimum atomic E-state index is -0.334. The molecule has 0 unspecified atom stereocenters. The number of nitrogens with one attached hydrogen (secondary N) is 1. The van der Waals surface area contributed by atoms with Crippen LogP contribution >= 0.6 is 0 Å². The number of carbonyl (C=O) groups excluding carboxylic acids is 2. The van der Waals surface area contributed by atoms with Crippen LogP contribution in [0.3, 0.4) is 0 Å². The van der Waals surface area contributed by atoms with Crippen LogP contribution in [0.25, 0.3) is 0 Å². The monoisotopic (exact) mass is 289 g/mol. The molecule has 0 aromatic heterocycles. The van der Waals surface area contributed by atoms with Crippen molar-refractivity contribution in [1.29, 1.82) is 0 Å². The highest BCUT2D eigenvalue weighted by Crippen LogP contribution is 2.27. The molecule has 1 aromatic carbocycles. The molecule has 0 spiro atoms. The molecular weight excluding hydrogens is 270 g/mol. The maximum absolute atomic E-state index is 11.4. The van der Waals surface area contributed by atoms with Crippen molar-refractivity contribution < 1.29 is 19.1 Å². The van der Waals surface area contributed by atoms with Gasteiger partial charge in [-0.05, 0) is 30.5 Å². The SMILES string of the molecule is CC/C(=C/COc1ccc2c(c1)NC(=O)CC2)C(=O)OC. The summed E-state index contributed by atoms with van der Waals surface area (Å²) in [6, 6.07) is 5.63. The Bertz CT molecular complexity index is 578. The van der Waals surface area contributed by atoms with Gasteiger partial charge in [0.15, 0.2) is 0 Å². The van der Waals surface area contributed by atoms with Crippen LogP contribution in [-0.2, 0) is 20.7 Å². The highest BCUT2D eigenvalue weighted by Gasteiger charge is 2.15. The van der Waals surface area contributed by atoms with E-state index in [9.17, 15) is 9.59 Å².